The molecule has 18 N–H and O–H groups in total. The predicted octanol–water partition coefficient (Wildman–Crippen LogP) is 10.0. The van der Waals surface area contributed by atoms with E-state index in [2.05, 4.69) is 30.9 Å². The van der Waals surface area contributed by atoms with E-state index in [0.29, 0.717) is 107 Å². The van der Waals surface area contributed by atoms with Crippen molar-refractivity contribution in [3.63, 3.8) is 0 Å². The summed E-state index contributed by atoms with van der Waals surface area (Å²) >= 11 is 19.0. The Morgan fingerprint density at radius 1 is 0.386 bits per heavy atom. The lowest BCUT2D eigenvalue weighted by Gasteiger charge is -2.28. The summed E-state index contributed by atoms with van der Waals surface area (Å²) in [5.74, 6) is -3.97. The van der Waals surface area contributed by atoms with Crippen LogP contribution in [0.15, 0.2) is 146 Å². The van der Waals surface area contributed by atoms with Crippen LogP contribution in [0.2, 0.25) is 15.1 Å². The van der Waals surface area contributed by atoms with Gasteiger partial charge in [0.15, 0.2) is 34.0 Å². The Balaban J connectivity index is 0.990. The Labute approximate surface area is 524 Å². The summed E-state index contributed by atoms with van der Waals surface area (Å²) in [5, 5.41) is 12.5. The molecular formula is C67H73Cl3N12O6. The van der Waals surface area contributed by atoms with E-state index in [1.807, 2.05) is 54.6 Å². The normalized spacial score (nSPS) is 13.7. The first-order valence-electron chi connectivity index (χ1n) is 29.3. The highest BCUT2D eigenvalue weighted by molar-refractivity contribution is 6.32. The number of fused-ring (bicyclic) bond motifs is 3. The zero-order valence-corrected chi connectivity index (χ0v) is 50.9. The molecule has 9 aromatic rings. The number of H-pyrrole nitrogens is 3. The first-order valence-corrected chi connectivity index (χ1v) is 30.5. The summed E-state index contributed by atoms with van der Waals surface area (Å²) in [7, 11) is 0. The smallest absolute Gasteiger partial charge is 0.252 e. The number of hydrogen-bond acceptors (Lipinski definition) is 12. The van der Waals surface area contributed by atoms with Crippen molar-refractivity contribution in [2.24, 2.45) is 34.4 Å². The van der Waals surface area contributed by atoms with Gasteiger partial charge in [-0.05, 0) is 202 Å². The number of nitrogens with two attached hydrogens (primary N) is 6. The molecule has 0 saturated heterocycles. The van der Waals surface area contributed by atoms with E-state index >= 15 is 0 Å². The Morgan fingerprint density at radius 2 is 0.648 bits per heavy atom. The fraction of sp³-hybridized carbons (Fsp3) is 0.284. The van der Waals surface area contributed by atoms with E-state index in [-0.39, 0.29) is 38.5 Å². The fourth-order valence-corrected chi connectivity index (χ4v) is 11.8. The van der Waals surface area contributed by atoms with E-state index in [1.54, 1.807) is 91.4 Å². The van der Waals surface area contributed by atoms with E-state index < -0.39 is 57.6 Å². The zero-order chi connectivity index (χ0) is 62.8. The number of aromatic nitrogens is 3. The van der Waals surface area contributed by atoms with Gasteiger partial charge >= 0.3 is 0 Å². The molecule has 0 aliphatic rings. The second-order valence-electron chi connectivity index (χ2n) is 22.6. The van der Waals surface area contributed by atoms with Crippen LogP contribution in [0.25, 0.3) is 32.7 Å². The van der Waals surface area contributed by atoms with Crippen molar-refractivity contribution in [1.82, 2.24) is 15.0 Å². The third kappa shape index (κ3) is 14.6. The van der Waals surface area contributed by atoms with Crippen LogP contribution in [0.4, 0.5) is 17.1 Å². The van der Waals surface area contributed by atoms with Gasteiger partial charge in [-0.2, -0.15) is 0 Å². The number of ketones is 3. The monoisotopic (exact) mass is 1250 g/mol. The summed E-state index contributed by atoms with van der Waals surface area (Å²) in [5.41, 5.74) is 40.1. The third-order valence-electron chi connectivity index (χ3n) is 16.5. The van der Waals surface area contributed by atoms with Crippen molar-refractivity contribution >= 4 is 120 Å². The molecule has 18 nitrogen and oxygen atoms in total. The number of nitrogens with one attached hydrogen (secondary N) is 6. The van der Waals surface area contributed by atoms with Crippen molar-refractivity contribution in [2.45, 2.75) is 99.6 Å². The lowest BCUT2D eigenvalue weighted by Crippen LogP contribution is -2.58. The lowest BCUT2D eigenvalue weighted by atomic mass is 9.83. The number of benzene rings is 6. The average molecular weight is 1250 g/mol. The number of carbonyl (C=O) groups excluding carboxylic acids is 6. The second-order valence-corrected chi connectivity index (χ2v) is 23.9. The molecule has 0 spiro atoms. The van der Waals surface area contributed by atoms with Gasteiger partial charge in [-0.3, -0.25) is 28.8 Å². The number of hydrogen-bond donors (Lipinski definition) is 12. The minimum atomic E-state index is -1.91. The standard InChI is InChI=1S/C67H73Cl3N12O6/c68-46-13-22-55-52(34-46)43(37-77-55)31-58(83)65(74,25-1-4-28-71)62(86)80-49-16-7-40(8-17-49)61(41-9-18-50(19-10-41)81-63(87)66(75,26-2-5-29-72)59(84)32-44-38-78-56-23-14-47(69)35-53(44)56)42-11-20-51(21-12-42)82-64(88)67(76,27-3-6-30-73)60(85)33-45-39-79-57-24-15-48(70)36-54(45)57/h7-24,34-39,61,77-79H,1-6,25-33,71-76H2,(H,80,86)(H,81,87)(H,82,88)/t65-,66-,67-/m0/s1. The maximum Gasteiger partial charge on any atom is 0.252 e. The van der Waals surface area contributed by atoms with Crippen molar-refractivity contribution in [1.29, 1.82) is 0 Å². The van der Waals surface area contributed by atoms with Crippen molar-refractivity contribution < 1.29 is 28.8 Å². The van der Waals surface area contributed by atoms with Crippen LogP contribution in [-0.2, 0) is 48.0 Å². The van der Waals surface area contributed by atoms with Crippen LogP contribution in [0, 0.1) is 0 Å². The van der Waals surface area contributed by atoms with E-state index in [4.69, 9.17) is 69.2 Å². The Morgan fingerprint density at radius 3 is 0.898 bits per heavy atom. The molecule has 3 amide bonds. The Kier molecular flexibility index (Phi) is 20.8. The minimum Gasteiger partial charge on any atom is -0.361 e. The first kappa shape index (κ1) is 64.5. The highest BCUT2D eigenvalue weighted by Crippen LogP contribution is 2.36. The van der Waals surface area contributed by atoms with E-state index in [9.17, 15) is 28.8 Å². The number of unbranched alkanes of at least 4 members (excludes halogenated alkanes) is 3. The van der Waals surface area contributed by atoms with Gasteiger partial charge in [0.05, 0.1) is 0 Å². The molecule has 0 aliphatic heterocycles. The molecule has 3 heterocycles. The average Bonchev–Trinajstić information content (AvgIpc) is 2.62. The summed E-state index contributed by atoms with van der Waals surface area (Å²) in [6.07, 6.45) is 7.90. The van der Waals surface area contributed by atoms with Gasteiger partial charge in [0.1, 0.15) is 0 Å². The molecule has 88 heavy (non-hydrogen) atoms. The molecule has 0 radical (unpaired) electrons. The van der Waals surface area contributed by atoms with Gasteiger partial charge in [-0.1, -0.05) is 71.2 Å². The minimum absolute atomic E-state index is 0.0558. The molecule has 0 aliphatic carbocycles. The molecule has 6 aromatic carbocycles. The maximum atomic E-state index is 14.3. The molecule has 9 rings (SSSR count). The van der Waals surface area contributed by atoms with Crippen molar-refractivity contribution in [3.05, 3.63) is 194 Å². The number of amides is 3. The molecule has 21 heteroatoms. The Hall–Kier alpha value is -8.01. The molecule has 3 aromatic heterocycles. The van der Waals surface area contributed by atoms with Gasteiger partial charge < -0.3 is 65.3 Å². The zero-order valence-electron chi connectivity index (χ0n) is 48.6. The molecular weight excluding hydrogens is 1180 g/mol. The van der Waals surface area contributed by atoms with Gasteiger partial charge in [0, 0.05) is 109 Å². The van der Waals surface area contributed by atoms with Crippen molar-refractivity contribution in [3.8, 4) is 0 Å². The lowest BCUT2D eigenvalue weighted by molar-refractivity contribution is -0.134. The topological polar surface area (TPSA) is 342 Å². The van der Waals surface area contributed by atoms with Crippen molar-refractivity contribution in [2.75, 3.05) is 35.6 Å². The summed E-state index contributed by atoms with van der Waals surface area (Å²) in [4.78, 5) is 95.1. The molecule has 0 saturated carbocycles. The van der Waals surface area contributed by atoms with Crippen LogP contribution in [-0.4, -0.2) is 86.3 Å². The number of anilines is 3. The van der Waals surface area contributed by atoms with Gasteiger partial charge in [0.2, 0.25) is 0 Å². The summed E-state index contributed by atoms with van der Waals surface area (Å²) in [6.45, 7) is 1.06. The summed E-state index contributed by atoms with van der Waals surface area (Å²) < 4.78 is 0. The highest BCUT2D eigenvalue weighted by Gasteiger charge is 2.44. The molecule has 0 fully saturated rings. The number of Topliss-reactive ketones (excluding diaryl/α,β-unsaturated/α-hetero) is 3. The van der Waals surface area contributed by atoms with Crippen LogP contribution in [0.1, 0.15) is 97.1 Å². The van der Waals surface area contributed by atoms with Crippen LogP contribution >= 0.6 is 34.8 Å². The third-order valence-corrected chi connectivity index (χ3v) is 17.2. The van der Waals surface area contributed by atoms with E-state index in [0.717, 1.165) is 49.4 Å². The first-order chi connectivity index (χ1) is 42.3. The molecule has 0 unspecified atom stereocenters. The SMILES string of the molecule is NCCCC[C@](N)(C(=O)Cc1c[nH]c2ccc(Cl)cc12)C(=O)Nc1ccc(C(c2ccc(NC(=O)[C@](N)(CCCCN)C(=O)Cc3c[nH]c4ccc(Cl)cc34)cc2)c2ccc(NC(=O)[C@](N)(CCCCN)C(=O)Cc3c[nH]c4ccc(Cl)cc34)cc2)cc1. The molecule has 0 bridgehead atoms. The predicted molar refractivity (Wildman–Crippen MR) is 352 cm³/mol. The highest BCUT2D eigenvalue weighted by atomic mass is 35.5. The van der Waals surface area contributed by atoms with Gasteiger partial charge in [-0.25, -0.2) is 0 Å². The second kappa shape index (κ2) is 28.4. The van der Waals surface area contributed by atoms with Crippen LogP contribution < -0.4 is 50.4 Å². The summed E-state index contributed by atoms with van der Waals surface area (Å²) in [6, 6.07) is 37.3. The molecule has 458 valence electrons. The fourth-order valence-electron chi connectivity index (χ4n) is 11.2. The van der Waals surface area contributed by atoms with Crippen LogP contribution in [0.3, 0.4) is 0 Å². The van der Waals surface area contributed by atoms with Gasteiger partial charge in [-0.15, -0.1) is 0 Å². The van der Waals surface area contributed by atoms with Gasteiger partial charge in [0.25, 0.3) is 17.7 Å². The maximum absolute atomic E-state index is 14.3. The number of carbonyl (C=O) groups is 6. The quantitative estimate of drug-likeness (QED) is 0.0114. The number of rotatable bonds is 30. The number of aromatic amines is 3. The largest absolute Gasteiger partial charge is 0.361 e. The Bertz CT molecular complexity index is 3590. The number of halogens is 3. The van der Waals surface area contributed by atoms with Crippen LogP contribution in [0.5, 0.6) is 0 Å². The molecule has 3 atom stereocenters. The van der Waals surface area contributed by atoms with E-state index in [1.165, 1.54) is 0 Å².